The van der Waals surface area contributed by atoms with E-state index in [1.807, 2.05) is 145 Å². The molecule has 4 rings (SSSR count). The van der Waals surface area contributed by atoms with E-state index in [1.54, 1.807) is 68.8 Å². The van der Waals surface area contributed by atoms with Crippen LogP contribution in [0.1, 0.15) is 19.3 Å². The number of hydrogen-bond donors (Lipinski definition) is 4. The Morgan fingerprint density at radius 3 is 0.763 bits per heavy atom. The molecule has 3 aromatic carbocycles. The molecule has 1 heterocycles. The monoisotopic (exact) mass is 2670 g/mol. The first-order valence-electron chi connectivity index (χ1n) is 44.0. The van der Waals surface area contributed by atoms with E-state index >= 15 is 0 Å². The van der Waals surface area contributed by atoms with Crippen molar-refractivity contribution in [1.29, 1.82) is 0 Å². The predicted molar refractivity (Wildman–Crippen MR) is 572 cm³/mol. The molecule has 754 valence electrons. The minimum absolute atomic E-state index is 0. The summed E-state index contributed by atoms with van der Waals surface area (Å²) >= 11 is 0. The summed E-state index contributed by atoms with van der Waals surface area (Å²) < 4.78 is 146. The normalized spacial score (nSPS) is 14.7. The van der Waals surface area contributed by atoms with Crippen molar-refractivity contribution in [2.24, 2.45) is 0 Å². The zero-order valence-electron chi connectivity index (χ0n) is 87.9. The van der Waals surface area contributed by atoms with Crippen molar-refractivity contribution in [3.63, 3.8) is 0 Å². The summed E-state index contributed by atoms with van der Waals surface area (Å²) in [5.74, 6) is 0. The van der Waals surface area contributed by atoms with Gasteiger partial charge in [-0.25, -0.2) is 28.4 Å². The Kier molecular flexibility index (Phi) is 59.5. The molecule has 0 saturated carbocycles. The first kappa shape index (κ1) is 132. The van der Waals surface area contributed by atoms with Gasteiger partial charge in [0.15, 0.2) is 33.3 Å². The topological polar surface area (TPSA) is 289 Å². The summed E-state index contributed by atoms with van der Waals surface area (Å²) in [4.78, 5) is 19.9. The van der Waals surface area contributed by atoms with Gasteiger partial charge >= 0.3 is 129 Å². The van der Waals surface area contributed by atoms with Gasteiger partial charge in [0, 0.05) is 124 Å². The summed E-state index contributed by atoms with van der Waals surface area (Å²) in [6.45, 7) is 69.1. The fraction of sp³-hybridized carbons (Fsp3) is 0.630. The number of para-hydroxylation sites is 3. The molecule has 0 aliphatic carbocycles. The molecule has 50 heteroatoms. The molecule has 1 saturated heterocycles. The maximum absolute atomic E-state index is 9.95. The van der Waals surface area contributed by atoms with Crippen LogP contribution in [0.25, 0.3) is 0 Å². The van der Waals surface area contributed by atoms with E-state index in [-0.39, 0.29) is 0 Å². The van der Waals surface area contributed by atoms with Gasteiger partial charge in [0.1, 0.15) is 0 Å². The maximum Gasteiger partial charge on any atom is 0.491 e. The summed E-state index contributed by atoms with van der Waals surface area (Å²) in [6.07, 6.45) is 10.7. The largest absolute Gasteiger partial charge is 0.552 e. The van der Waals surface area contributed by atoms with Gasteiger partial charge in [-0.05, 0) is 265 Å². The van der Waals surface area contributed by atoms with E-state index in [0.717, 1.165) is 56.3 Å². The first-order chi connectivity index (χ1) is 58.9. The van der Waals surface area contributed by atoms with Crippen molar-refractivity contribution >= 4 is 179 Å². The molecule has 1 aliphatic rings. The van der Waals surface area contributed by atoms with Crippen LogP contribution in [-0.2, 0) is 103 Å². The molecule has 0 aromatic heterocycles. The number of nitrogens with zero attached hydrogens (tertiary/aromatic N) is 1. The standard InChI is InChI=1S/2C23H48NO7Si5.2C12H31O5Si4.C11H17NO2Si.2Rf/c2*1-25-20-16-21-32(4,5)28-33(6,7)29-34(8,9)30-35(10,11)31-36(26-2,27-3)22-15-19-24-23-17-13-12-14-18-23;2*1-14-11-10-12-18(2,3)15-20(6,7)17-21(8,9)16-19(4,5)13;1-13-15(14-2)10-6-9-12(15)11-7-4-3-5-8-11;;/h2*12-14,16-18,21,24H,1,15,19-20,22H2,2-11H3;2*10,12-13H,1,11H2,2-9H3;3-5,7-8H,6,9-10H2,1-2H3;;/q4*-1;;;/b2*21-16+;2*12-10+;;;. The van der Waals surface area contributed by atoms with Crippen LogP contribution in [0, 0.1) is 28.4 Å². The first-order valence-corrected chi connectivity index (χ1v) is 95.7. The van der Waals surface area contributed by atoms with Crippen LogP contribution in [0.4, 0.5) is 17.1 Å². The fourth-order valence-corrected chi connectivity index (χ4v) is 96.1. The Labute approximate surface area is 803 Å². The van der Waals surface area contributed by atoms with Crippen molar-refractivity contribution in [2.75, 3.05) is 104 Å². The Balaban J connectivity index is -0.00000161. The van der Waals surface area contributed by atoms with Crippen LogP contribution in [0.2, 0.25) is 228 Å². The van der Waals surface area contributed by atoms with E-state index < -0.39 is 162 Å². The summed E-state index contributed by atoms with van der Waals surface area (Å²) in [6, 6.07) is 33.1. The third-order valence-corrected chi connectivity index (χ3v) is 83.8. The minimum Gasteiger partial charge on any atom is -0.552 e. The predicted octanol–water partition coefficient (Wildman–Crippen LogP) is 20.6. The quantitative estimate of drug-likeness (QED) is 0.0232. The second-order valence-corrected chi connectivity index (χ2v) is 107. The van der Waals surface area contributed by atoms with Crippen molar-refractivity contribution in [1.82, 2.24) is 0 Å². The Morgan fingerprint density at radius 1 is 0.321 bits per heavy atom. The summed E-state index contributed by atoms with van der Waals surface area (Å²) in [7, 11) is -22.5. The van der Waals surface area contributed by atoms with E-state index in [9.17, 15) is 9.59 Å². The number of rotatable bonds is 57. The van der Waals surface area contributed by atoms with Crippen LogP contribution in [-0.4, -0.2) is 261 Å². The summed E-state index contributed by atoms with van der Waals surface area (Å²) in [5, 5.41) is 6.86. The Hall–Kier alpha value is -2.90. The van der Waals surface area contributed by atoms with Gasteiger partial charge in [0.05, 0.1) is 0 Å². The molecule has 4 N–H and O–H groups in total. The minimum atomic E-state index is -2.91. The second-order valence-electron chi connectivity index (χ2n) is 38.5. The average molecular weight is 2670 g/mol. The van der Waals surface area contributed by atoms with Gasteiger partial charge in [-0.1, -0.05) is 102 Å². The smallest absolute Gasteiger partial charge is 0.491 e. The molecule has 29 nitrogen and oxygen atoms in total. The zero-order valence-corrected chi connectivity index (χ0v) is 120. The molecule has 0 radical (unpaired) electrons. The van der Waals surface area contributed by atoms with Gasteiger partial charge in [-0.2, -0.15) is 0 Å². The second kappa shape index (κ2) is 59.0. The molecule has 1 aliphatic heterocycles. The van der Waals surface area contributed by atoms with Crippen LogP contribution in [0.3, 0.4) is 0 Å². The third kappa shape index (κ3) is 61.3. The van der Waals surface area contributed by atoms with Gasteiger partial charge in [-0.3, -0.25) is 0 Å². The van der Waals surface area contributed by atoms with E-state index in [2.05, 4.69) is 220 Å². The molecule has 1 fully saturated rings. The molecule has 0 atom stereocenters. The third-order valence-electron chi connectivity index (χ3n) is 17.5. The molecule has 0 amide bonds. The maximum atomic E-state index is 9.95. The Bertz CT molecular complexity index is 3450. The number of ether oxygens (including phenoxy) is 4. The van der Waals surface area contributed by atoms with Crippen molar-refractivity contribution in [3.8, 4) is 0 Å². The molecule has 131 heavy (non-hydrogen) atoms. The zero-order chi connectivity index (χ0) is 99.7. The molecule has 0 bridgehead atoms. The SMILES string of the molecule is CO[Si]1(OC)CCCN1c1ccccc1.[CH2-]OC/C=C/[Si](C)(C)O[Si](C)(C)O[Si](C)(C)O[Si](C)(C)O.[CH2-]OC/C=C/[Si](C)(C)O[Si](C)(C)O[Si](C)(C)O[Si](C)(C)O.[CH2-]OC/C=C/[Si](C)(C)O[Si](C)(C)O[Si](C)(C)O[Si](C)(C)O[Si](CCCNc1ccccc1)(OC)OC.[CH2-]OC/C=C/[Si](C)(C)O[Si](C)(C)O[Si](C)(C)O[Si](C)(C)O[Si](CCCNc1ccccc1)(OC)OC.[Rf].[Rf]. The van der Waals surface area contributed by atoms with Crippen molar-refractivity contribution < 1.29 is 113 Å². The number of benzene rings is 3. The fourth-order valence-electron chi connectivity index (χ4n) is 15.2. The van der Waals surface area contributed by atoms with E-state index in [1.165, 1.54) is 5.69 Å². The molecule has 3 aromatic rings. The van der Waals surface area contributed by atoms with Crippen molar-refractivity contribution in [3.05, 3.63) is 167 Å². The van der Waals surface area contributed by atoms with E-state index in [4.69, 9.17) is 103 Å². The van der Waals surface area contributed by atoms with Gasteiger partial charge in [0.2, 0.25) is 0 Å². The molecule has 0 spiro atoms. The van der Waals surface area contributed by atoms with Crippen LogP contribution in [0.5, 0.6) is 0 Å². The molecule has 0 unspecified atom stereocenters. The van der Waals surface area contributed by atoms with Crippen LogP contribution >= 0.6 is 0 Å². The average Bonchev–Trinajstić information content (AvgIpc) is 1.68. The number of nitrogens with one attached hydrogen (secondary N) is 2. The van der Waals surface area contributed by atoms with E-state index in [0.29, 0.717) is 38.5 Å². The van der Waals surface area contributed by atoms with Gasteiger partial charge in [0.25, 0.3) is 0 Å². The van der Waals surface area contributed by atoms with Crippen LogP contribution in [0.15, 0.2) is 138 Å². The van der Waals surface area contributed by atoms with Crippen LogP contribution < -0.4 is 15.2 Å². The van der Waals surface area contributed by atoms with Gasteiger partial charge < -0.3 is 128 Å². The molecular weight excluding hydrogens is 2500 g/mol. The number of anilines is 3. The Morgan fingerprint density at radius 2 is 0.542 bits per heavy atom. The van der Waals surface area contributed by atoms with Crippen molar-refractivity contribution in [2.45, 2.75) is 247 Å². The van der Waals surface area contributed by atoms with Gasteiger partial charge in [-0.15, -0.1) is 0 Å². The number of hydrogen-bond acceptors (Lipinski definition) is 29. The summed E-state index contributed by atoms with van der Waals surface area (Å²) in [5.41, 5.74) is 11.8. The molecular formula is C81H175N3O26Rf2Si19-4.